The van der Waals surface area contributed by atoms with Crippen molar-refractivity contribution < 1.29 is 28.7 Å². The molecule has 1 aliphatic carbocycles. The number of benzene rings is 3. The van der Waals surface area contributed by atoms with Crippen LogP contribution in [0.15, 0.2) is 84.9 Å². The molecule has 0 aromatic heterocycles. The van der Waals surface area contributed by atoms with E-state index in [1.165, 1.54) is 0 Å². The van der Waals surface area contributed by atoms with Crippen LogP contribution in [0.4, 0.5) is 0 Å². The quantitative estimate of drug-likeness (QED) is 0.0901. The van der Waals surface area contributed by atoms with Crippen LogP contribution < -0.4 is 21.7 Å². The molecule has 10 nitrogen and oxygen atoms in total. The molecule has 1 aliphatic rings. The summed E-state index contributed by atoms with van der Waals surface area (Å²) in [5.41, 5.74) is 9.22. The van der Waals surface area contributed by atoms with Gasteiger partial charge < -0.3 is 26.4 Å². The number of primary amides is 1. The van der Waals surface area contributed by atoms with Crippen molar-refractivity contribution in [2.45, 2.75) is 110 Å². The second kappa shape index (κ2) is 22.7. The molecule has 302 valence electrons. The Hall–Kier alpha value is -4.83. The number of ether oxygens (including phenoxy) is 1. The molecule has 0 bridgehead atoms. The fraction of sp³-hybridized carbons (Fsp3) is 0.500. The third-order valence-corrected chi connectivity index (χ3v) is 11.0. The first kappa shape index (κ1) is 43.9. The standard InChI is InChI=1S/C46H62N4O6/c1-5-33-20-22-36(23-21-33)45(54)48-25-13-12-18-39(44(47)53)50-46(55)37(27-34-14-8-6-9-15-34)29-41(51)40(28-35-16-10-7-11-17-35)49-43(52)30-56-42-26-32(4)19-24-38(42)31(2)3/h6-11,14-17,20-23,31-32,37-40,42H,5,12-13,18-19,24-30H2,1-4H3,(H2,47,53)(H,48,54)(H,49,52)(H,50,55). The lowest BCUT2D eigenvalue weighted by atomic mass is 9.75. The van der Waals surface area contributed by atoms with Crippen molar-refractivity contribution in [1.29, 1.82) is 0 Å². The maximum Gasteiger partial charge on any atom is 0.251 e. The van der Waals surface area contributed by atoms with Crippen molar-refractivity contribution >= 4 is 29.4 Å². The van der Waals surface area contributed by atoms with E-state index in [9.17, 15) is 24.0 Å². The molecule has 0 spiro atoms. The van der Waals surface area contributed by atoms with Gasteiger partial charge in [-0.2, -0.15) is 0 Å². The summed E-state index contributed by atoms with van der Waals surface area (Å²) in [5.74, 6) is -1.47. The average Bonchev–Trinajstić information content (AvgIpc) is 3.19. The smallest absolute Gasteiger partial charge is 0.251 e. The molecular formula is C46H62N4O6. The van der Waals surface area contributed by atoms with Crippen LogP contribution in [0, 0.1) is 23.7 Å². The summed E-state index contributed by atoms with van der Waals surface area (Å²) in [6.07, 6.45) is 5.70. The number of nitrogens with two attached hydrogens (primary N) is 1. The van der Waals surface area contributed by atoms with E-state index in [-0.39, 0.29) is 56.0 Å². The van der Waals surface area contributed by atoms with E-state index < -0.39 is 29.8 Å². The molecule has 0 saturated heterocycles. The molecule has 6 atom stereocenters. The van der Waals surface area contributed by atoms with Gasteiger partial charge in [0.15, 0.2) is 5.78 Å². The third-order valence-electron chi connectivity index (χ3n) is 11.0. The Labute approximate surface area is 333 Å². The van der Waals surface area contributed by atoms with E-state index in [1.807, 2.05) is 72.8 Å². The van der Waals surface area contributed by atoms with E-state index in [0.29, 0.717) is 42.7 Å². The van der Waals surface area contributed by atoms with Crippen LogP contribution in [-0.2, 0) is 43.2 Å². The summed E-state index contributed by atoms with van der Waals surface area (Å²) in [6, 6.07) is 24.5. The molecule has 1 saturated carbocycles. The summed E-state index contributed by atoms with van der Waals surface area (Å²) in [7, 11) is 0. The molecule has 4 rings (SSSR count). The van der Waals surface area contributed by atoms with Crippen LogP contribution in [0.1, 0.15) is 99.7 Å². The number of amides is 4. The number of Topliss-reactive ketones (excluding diaryl/α,β-unsaturated/α-hetero) is 1. The van der Waals surface area contributed by atoms with Crippen molar-refractivity contribution in [3.05, 3.63) is 107 Å². The Morgan fingerprint density at radius 2 is 1.43 bits per heavy atom. The average molecular weight is 767 g/mol. The summed E-state index contributed by atoms with van der Waals surface area (Å²) in [6.45, 7) is 8.90. The highest BCUT2D eigenvalue weighted by Gasteiger charge is 2.33. The first-order valence-electron chi connectivity index (χ1n) is 20.4. The van der Waals surface area contributed by atoms with Gasteiger partial charge >= 0.3 is 0 Å². The molecule has 0 radical (unpaired) electrons. The number of rotatable bonds is 22. The molecule has 0 aliphatic heterocycles. The summed E-state index contributed by atoms with van der Waals surface area (Å²) < 4.78 is 6.22. The van der Waals surface area contributed by atoms with E-state index in [2.05, 4.69) is 43.6 Å². The second-order valence-corrected chi connectivity index (χ2v) is 15.8. The van der Waals surface area contributed by atoms with Gasteiger partial charge in [-0.3, -0.25) is 24.0 Å². The van der Waals surface area contributed by atoms with Gasteiger partial charge in [-0.05, 0) is 97.9 Å². The lowest BCUT2D eigenvalue weighted by Gasteiger charge is -2.37. The van der Waals surface area contributed by atoms with Gasteiger partial charge in [-0.25, -0.2) is 0 Å². The SMILES string of the molecule is CCc1ccc(C(=O)NCCCCC(NC(=O)C(CC(=O)C(Cc2ccccc2)NC(=O)COC2CC(C)CCC2C(C)C)Cc2ccccc2)C(N)=O)cc1. The fourth-order valence-corrected chi connectivity index (χ4v) is 7.61. The van der Waals surface area contributed by atoms with Crippen molar-refractivity contribution in [2.75, 3.05) is 13.2 Å². The number of unbranched alkanes of at least 4 members (excludes halogenated alkanes) is 1. The highest BCUT2D eigenvalue weighted by atomic mass is 16.5. The Morgan fingerprint density at radius 1 is 0.786 bits per heavy atom. The molecule has 0 heterocycles. The largest absolute Gasteiger partial charge is 0.368 e. The fourth-order valence-electron chi connectivity index (χ4n) is 7.61. The summed E-state index contributed by atoms with van der Waals surface area (Å²) >= 11 is 0. The van der Waals surface area contributed by atoms with Crippen molar-refractivity contribution in [1.82, 2.24) is 16.0 Å². The molecular weight excluding hydrogens is 705 g/mol. The van der Waals surface area contributed by atoms with Gasteiger partial charge in [0.1, 0.15) is 12.6 Å². The number of carbonyl (C=O) groups excluding carboxylic acids is 5. The molecule has 1 fully saturated rings. The summed E-state index contributed by atoms with van der Waals surface area (Å²) in [5, 5.41) is 8.67. The maximum atomic E-state index is 14.2. The van der Waals surface area contributed by atoms with Crippen LogP contribution in [0.3, 0.4) is 0 Å². The van der Waals surface area contributed by atoms with Gasteiger partial charge in [0, 0.05) is 24.4 Å². The van der Waals surface area contributed by atoms with Gasteiger partial charge in [0.25, 0.3) is 5.91 Å². The minimum absolute atomic E-state index is 0.0212. The maximum absolute atomic E-state index is 14.2. The lowest BCUT2D eigenvalue weighted by molar-refractivity contribution is -0.136. The Balaban J connectivity index is 1.40. The topological polar surface area (TPSA) is 157 Å². The molecule has 4 amide bonds. The number of hydrogen-bond donors (Lipinski definition) is 4. The second-order valence-electron chi connectivity index (χ2n) is 15.8. The number of nitrogens with one attached hydrogen (secondary N) is 3. The zero-order valence-corrected chi connectivity index (χ0v) is 33.6. The van der Waals surface area contributed by atoms with E-state index >= 15 is 0 Å². The monoisotopic (exact) mass is 766 g/mol. The van der Waals surface area contributed by atoms with Crippen LogP contribution in [-0.4, -0.2) is 60.8 Å². The third kappa shape index (κ3) is 14.3. The van der Waals surface area contributed by atoms with E-state index in [0.717, 1.165) is 42.4 Å². The predicted octanol–water partition coefficient (Wildman–Crippen LogP) is 6.14. The first-order chi connectivity index (χ1) is 26.9. The lowest BCUT2D eigenvalue weighted by Crippen LogP contribution is -2.49. The van der Waals surface area contributed by atoms with Crippen LogP contribution >= 0.6 is 0 Å². The molecule has 3 aromatic carbocycles. The number of carbonyl (C=O) groups is 5. The normalized spacial score (nSPS) is 18.3. The molecule has 56 heavy (non-hydrogen) atoms. The molecule has 6 unspecified atom stereocenters. The zero-order valence-electron chi connectivity index (χ0n) is 33.6. The van der Waals surface area contributed by atoms with Crippen LogP contribution in [0.25, 0.3) is 0 Å². The van der Waals surface area contributed by atoms with Crippen molar-refractivity contribution in [2.24, 2.45) is 29.4 Å². The van der Waals surface area contributed by atoms with Crippen molar-refractivity contribution in [3.63, 3.8) is 0 Å². The minimum atomic E-state index is -0.956. The highest BCUT2D eigenvalue weighted by molar-refractivity contribution is 5.95. The molecule has 10 heteroatoms. The predicted molar refractivity (Wildman–Crippen MR) is 220 cm³/mol. The highest BCUT2D eigenvalue weighted by Crippen LogP contribution is 2.35. The van der Waals surface area contributed by atoms with Crippen LogP contribution in [0.5, 0.6) is 0 Å². The van der Waals surface area contributed by atoms with E-state index in [1.54, 1.807) is 12.1 Å². The Bertz CT molecular complexity index is 1700. The van der Waals surface area contributed by atoms with Gasteiger partial charge in [-0.15, -0.1) is 0 Å². The Morgan fingerprint density at radius 3 is 2.04 bits per heavy atom. The van der Waals surface area contributed by atoms with Crippen molar-refractivity contribution in [3.8, 4) is 0 Å². The molecule has 5 N–H and O–H groups in total. The zero-order chi connectivity index (χ0) is 40.5. The molecule has 3 aromatic rings. The first-order valence-corrected chi connectivity index (χ1v) is 20.4. The van der Waals surface area contributed by atoms with Gasteiger partial charge in [-0.1, -0.05) is 107 Å². The minimum Gasteiger partial charge on any atom is -0.368 e. The number of hydrogen-bond acceptors (Lipinski definition) is 6. The van der Waals surface area contributed by atoms with Crippen LogP contribution in [0.2, 0.25) is 0 Å². The van der Waals surface area contributed by atoms with Gasteiger partial charge in [0.2, 0.25) is 17.7 Å². The summed E-state index contributed by atoms with van der Waals surface area (Å²) in [4.78, 5) is 66.6. The van der Waals surface area contributed by atoms with E-state index in [4.69, 9.17) is 10.5 Å². The Kier molecular flexibility index (Phi) is 17.8. The van der Waals surface area contributed by atoms with Gasteiger partial charge in [0.05, 0.1) is 12.1 Å². The number of ketones is 1. The number of aryl methyl sites for hydroxylation is 1.